The minimum Gasteiger partial charge on any atom is -0.340 e. The SMILES string of the molecule is [C-]#[N+]c1cccc2c1CCCC2CN1CCN(C(=O)Cc2ccc3c(c2)CCC3=O)CC1. The van der Waals surface area contributed by atoms with E-state index in [-0.39, 0.29) is 11.7 Å². The Morgan fingerprint density at radius 1 is 1.06 bits per heavy atom. The molecule has 5 rings (SSSR count). The maximum absolute atomic E-state index is 12.9. The number of rotatable bonds is 4. The average molecular weight is 428 g/mol. The maximum atomic E-state index is 12.9. The van der Waals surface area contributed by atoms with Crippen LogP contribution in [0.2, 0.25) is 0 Å². The Morgan fingerprint density at radius 2 is 1.91 bits per heavy atom. The van der Waals surface area contributed by atoms with Crippen LogP contribution in [-0.4, -0.2) is 54.2 Å². The molecule has 0 saturated carbocycles. The van der Waals surface area contributed by atoms with Crippen LogP contribution in [0, 0.1) is 6.57 Å². The first-order valence-corrected chi connectivity index (χ1v) is 11.8. The first-order valence-electron chi connectivity index (χ1n) is 11.8. The summed E-state index contributed by atoms with van der Waals surface area (Å²) in [6, 6.07) is 12.1. The number of benzene rings is 2. The number of fused-ring (bicyclic) bond motifs is 2. The molecule has 2 aromatic rings. The monoisotopic (exact) mass is 427 g/mol. The van der Waals surface area contributed by atoms with Crippen LogP contribution in [0.3, 0.4) is 0 Å². The number of piperazine rings is 1. The first kappa shape index (κ1) is 20.9. The van der Waals surface area contributed by atoms with Crippen molar-refractivity contribution in [1.82, 2.24) is 9.80 Å². The number of hydrogen-bond donors (Lipinski definition) is 0. The first-order chi connectivity index (χ1) is 15.6. The molecule has 0 spiro atoms. The zero-order valence-corrected chi connectivity index (χ0v) is 18.5. The van der Waals surface area contributed by atoms with Gasteiger partial charge in [-0.05, 0) is 48.3 Å². The van der Waals surface area contributed by atoms with Crippen molar-refractivity contribution in [2.24, 2.45) is 0 Å². The number of aryl methyl sites for hydroxylation is 1. The van der Waals surface area contributed by atoms with Crippen LogP contribution in [0.1, 0.15) is 57.8 Å². The van der Waals surface area contributed by atoms with Gasteiger partial charge in [0.05, 0.1) is 13.0 Å². The number of Topliss-reactive ketones (excluding diaryl/α,β-unsaturated/α-hetero) is 1. The van der Waals surface area contributed by atoms with Crippen LogP contribution in [0.5, 0.6) is 0 Å². The largest absolute Gasteiger partial charge is 0.340 e. The van der Waals surface area contributed by atoms with Crippen molar-refractivity contribution >= 4 is 17.4 Å². The van der Waals surface area contributed by atoms with Gasteiger partial charge in [-0.1, -0.05) is 42.0 Å². The molecule has 1 fully saturated rings. The Morgan fingerprint density at radius 3 is 2.72 bits per heavy atom. The van der Waals surface area contributed by atoms with Gasteiger partial charge in [0.15, 0.2) is 11.5 Å². The number of amides is 1. The van der Waals surface area contributed by atoms with Gasteiger partial charge in [-0.15, -0.1) is 0 Å². The van der Waals surface area contributed by atoms with Gasteiger partial charge in [0.1, 0.15) is 0 Å². The molecule has 1 aliphatic heterocycles. The van der Waals surface area contributed by atoms with E-state index in [1.165, 1.54) is 17.5 Å². The molecular formula is C27H29N3O2. The Kier molecular flexibility index (Phi) is 5.80. The predicted molar refractivity (Wildman–Crippen MR) is 124 cm³/mol. The third-order valence-corrected chi connectivity index (χ3v) is 7.38. The molecule has 5 heteroatoms. The molecule has 1 amide bonds. The van der Waals surface area contributed by atoms with Gasteiger partial charge in [-0.3, -0.25) is 14.5 Å². The summed E-state index contributed by atoms with van der Waals surface area (Å²) in [6.45, 7) is 11.8. The van der Waals surface area contributed by atoms with Crippen molar-refractivity contribution in [2.75, 3.05) is 32.7 Å². The minimum absolute atomic E-state index is 0.179. The Balaban J connectivity index is 1.16. The third-order valence-electron chi connectivity index (χ3n) is 7.38. The van der Waals surface area contributed by atoms with E-state index < -0.39 is 0 Å². The van der Waals surface area contributed by atoms with Gasteiger partial charge in [0.25, 0.3) is 0 Å². The highest BCUT2D eigenvalue weighted by atomic mass is 16.2. The molecule has 1 saturated heterocycles. The molecule has 32 heavy (non-hydrogen) atoms. The summed E-state index contributed by atoms with van der Waals surface area (Å²) in [4.78, 5) is 32.9. The lowest BCUT2D eigenvalue weighted by molar-refractivity contribution is -0.132. The van der Waals surface area contributed by atoms with E-state index in [1.807, 2.05) is 35.2 Å². The zero-order valence-electron chi connectivity index (χ0n) is 18.5. The summed E-state index contributed by atoms with van der Waals surface area (Å²) in [6.07, 6.45) is 5.15. The van der Waals surface area contributed by atoms with E-state index in [1.54, 1.807) is 0 Å². The molecule has 0 radical (unpaired) electrons. The Bertz CT molecular complexity index is 1090. The zero-order chi connectivity index (χ0) is 22.1. The van der Waals surface area contributed by atoms with Gasteiger partial charge in [-0.2, -0.15) is 0 Å². The van der Waals surface area contributed by atoms with Crippen molar-refractivity contribution < 1.29 is 9.59 Å². The van der Waals surface area contributed by atoms with E-state index in [0.717, 1.165) is 74.4 Å². The van der Waals surface area contributed by atoms with Crippen LogP contribution in [0.25, 0.3) is 4.85 Å². The lowest BCUT2D eigenvalue weighted by Gasteiger charge is -2.38. The molecule has 0 N–H and O–H groups in total. The van der Waals surface area contributed by atoms with E-state index in [2.05, 4.69) is 15.8 Å². The third kappa shape index (κ3) is 4.08. The molecule has 1 heterocycles. The molecular weight excluding hydrogens is 398 g/mol. The second-order valence-electron chi connectivity index (χ2n) is 9.32. The minimum atomic E-state index is 0.179. The fraction of sp³-hybridized carbons (Fsp3) is 0.444. The lowest BCUT2D eigenvalue weighted by atomic mass is 9.81. The highest BCUT2D eigenvalue weighted by Gasteiger charge is 2.27. The second-order valence-corrected chi connectivity index (χ2v) is 9.32. The molecule has 3 aliphatic rings. The van der Waals surface area contributed by atoms with Crippen molar-refractivity contribution in [3.8, 4) is 0 Å². The summed E-state index contributed by atoms with van der Waals surface area (Å²) in [5.41, 5.74) is 6.38. The molecule has 5 nitrogen and oxygen atoms in total. The van der Waals surface area contributed by atoms with Crippen molar-refractivity contribution in [2.45, 2.75) is 44.4 Å². The van der Waals surface area contributed by atoms with Gasteiger partial charge >= 0.3 is 0 Å². The number of carbonyl (C=O) groups is 2. The fourth-order valence-corrected chi connectivity index (χ4v) is 5.62. The van der Waals surface area contributed by atoms with Gasteiger partial charge in [0, 0.05) is 44.7 Å². The number of ketones is 1. The summed E-state index contributed by atoms with van der Waals surface area (Å²) in [5.74, 6) is 0.885. The van der Waals surface area contributed by atoms with Crippen LogP contribution >= 0.6 is 0 Å². The predicted octanol–water partition coefficient (Wildman–Crippen LogP) is 4.17. The molecule has 164 valence electrons. The Labute approximate surface area is 189 Å². The normalized spacial score (nSPS) is 20.5. The average Bonchev–Trinajstić information content (AvgIpc) is 3.19. The highest BCUT2D eigenvalue weighted by molar-refractivity contribution is 6.00. The van der Waals surface area contributed by atoms with Crippen LogP contribution < -0.4 is 0 Å². The fourth-order valence-electron chi connectivity index (χ4n) is 5.62. The smallest absolute Gasteiger partial charge is 0.227 e. The van der Waals surface area contributed by atoms with E-state index in [4.69, 9.17) is 6.57 Å². The molecule has 1 atom stereocenters. The summed E-state index contributed by atoms with van der Waals surface area (Å²) in [5, 5.41) is 0. The molecule has 2 aromatic carbocycles. The summed E-state index contributed by atoms with van der Waals surface area (Å²) in [7, 11) is 0. The lowest BCUT2D eigenvalue weighted by Crippen LogP contribution is -2.50. The second kappa shape index (κ2) is 8.88. The number of hydrogen-bond acceptors (Lipinski definition) is 3. The van der Waals surface area contributed by atoms with Gasteiger partial charge < -0.3 is 4.90 Å². The van der Waals surface area contributed by atoms with Crippen molar-refractivity contribution in [3.05, 3.63) is 75.6 Å². The van der Waals surface area contributed by atoms with Crippen LogP contribution in [-0.2, 0) is 24.1 Å². The van der Waals surface area contributed by atoms with Crippen molar-refractivity contribution in [3.63, 3.8) is 0 Å². The number of nitrogens with zero attached hydrogens (tertiary/aromatic N) is 3. The maximum Gasteiger partial charge on any atom is 0.227 e. The molecule has 2 aliphatic carbocycles. The van der Waals surface area contributed by atoms with E-state index in [0.29, 0.717) is 18.8 Å². The Hall–Kier alpha value is -2.97. The topological polar surface area (TPSA) is 45.0 Å². The number of carbonyl (C=O) groups excluding carboxylic acids is 2. The van der Waals surface area contributed by atoms with Gasteiger partial charge in [0.2, 0.25) is 5.91 Å². The van der Waals surface area contributed by atoms with E-state index >= 15 is 0 Å². The summed E-state index contributed by atoms with van der Waals surface area (Å²) >= 11 is 0. The van der Waals surface area contributed by atoms with Gasteiger partial charge in [-0.25, -0.2) is 4.85 Å². The van der Waals surface area contributed by atoms with Crippen molar-refractivity contribution in [1.29, 1.82) is 0 Å². The van der Waals surface area contributed by atoms with E-state index in [9.17, 15) is 9.59 Å². The quantitative estimate of drug-likeness (QED) is 0.688. The van der Waals surface area contributed by atoms with Crippen LogP contribution in [0.15, 0.2) is 36.4 Å². The molecule has 0 bridgehead atoms. The molecule has 0 aromatic heterocycles. The summed E-state index contributed by atoms with van der Waals surface area (Å²) < 4.78 is 0. The standard InChI is InChI=1S/C27H29N3O2/c1-28-25-7-3-5-22-21(4-2-6-24(22)25)18-29-12-14-30(15-13-29)27(32)17-19-8-10-23-20(16-19)9-11-26(23)31/h3,5,7-8,10,16,21H,2,4,6,9,11-15,17-18H2. The molecule has 1 unspecified atom stereocenters. The highest BCUT2D eigenvalue weighted by Crippen LogP contribution is 2.37. The van der Waals surface area contributed by atoms with Crippen LogP contribution in [0.4, 0.5) is 5.69 Å².